The summed E-state index contributed by atoms with van der Waals surface area (Å²) in [5.74, 6) is -1.24. The molecule has 1 aromatic carbocycles. The number of thiophene rings is 1. The highest BCUT2D eigenvalue weighted by molar-refractivity contribution is 7.17. The molecule has 0 atom stereocenters. The number of carbonyl (C=O) groups excluding carboxylic acids is 2. The Kier molecular flexibility index (Phi) is 6.13. The molecule has 0 unspecified atom stereocenters. The quantitative estimate of drug-likeness (QED) is 0.705. The minimum Gasteiger partial charge on any atom is -0.493 e. The van der Waals surface area contributed by atoms with Crippen molar-refractivity contribution in [1.82, 2.24) is 0 Å². The van der Waals surface area contributed by atoms with Crippen LogP contribution in [-0.2, 0) is 12.8 Å². The third-order valence-corrected chi connectivity index (χ3v) is 5.74. The van der Waals surface area contributed by atoms with Gasteiger partial charge in [0.25, 0.3) is 11.8 Å². The lowest BCUT2D eigenvalue weighted by atomic mass is 10.1. The zero-order valence-corrected chi connectivity index (χ0v) is 16.0. The molecule has 0 saturated heterocycles. The van der Waals surface area contributed by atoms with Crippen LogP contribution in [0.3, 0.4) is 0 Å². The van der Waals surface area contributed by atoms with Crippen molar-refractivity contribution in [3.8, 4) is 11.5 Å². The van der Waals surface area contributed by atoms with E-state index in [9.17, 15) is 18.4 Å². The summed E-state index contributed by atoms with van der Waals surface area (Å²) in [5.41, 5.74) is 7.03. The van der Waals surface area contributed by atoms with Crippen molar-refractivity contribution in [3.05, 3.63) is 39.8 Å². The first-order valence-corrected chi connectivity index (χ1v) is 9.61. The molecular formula is C19H20F2N2O4S. The molecule has 1 aliphatic rings. The van der Waals surface area contributed by atoms with E-state index >= 15 is 0 Å². The Morgan fingerprint density at radius 2 is 1.93 bits per heavy atom. The van der Waals surface area contributed by atoms with Crippen molar-refractivity contribution >= 4 is 28.2 Å². The number of fused-ring (bicyclic) bond motifs is 1. The number of alkyl halides is 2. The zero-order valence-electron chi connectivity index (χ0n) is 15.2. The fraction of sp³-hybridized carbons (Fsp3) is 0.368. The maximum absolute atomic E-state index is 12.7. The molecule has 6 nitrogen and oxygen atoms in total. The molecule has 0 fully saturated rings. The summed E-state index contributed by atoms with van der Waals surface area (Å²) in [4.78, 5) is 25.7. The van der Waals surface area contributed by atoms with Gasteiger partial charge in [0.2, 0.25) is 0 Å². The third-order valence-electron chi connectivity index (χ3n) is 4.54. The molecule has 1 aliphatic carbocycles. The fourth-order valence-corrected chi connectivity index (χ4v) is 4.56. The number of nitrogens with one attached hydrogen (secondary N) is 1. The van der Waals surface area contributed by atoms with Crippen LogP contribution in [0.15, 0.2) is 18.2 Å². The number of anilines is 1. The number of halogens is 2. The van der Waals surface area contributed by atoms with Crippen LogP contribution in [0.4, 0.5) is 13.8 Å². The van der Waals surface area contributed by atoms with Crippen LogP contribution in [0, 0.1) is 0 Å². The molecule has 3 N–H and O–H groups in total. The standard InChI is InChI=1S/C19H20F2N2O4S/c1-26-13-9-10(7-8-12(13)27-19(20)21)17(25)23-18-15(16(22)24)11-5-3-2-4-6-14(11)28-18/h7-9,19H,2-6H2,1H3,(H2,22,24)(H,23,25). The second kappa shape index (κ2) is 8.55. The summed E-state index contributed by atoms with van der Waals surface area (Å²) in [5, 5.41) is 3.14. The molecule has 2 amide bonds. The number of carbonyl (C=O) groups is 2. The number of nitrogens with two attached hydrogens (primary N) is 1. The van der Waals surface area contributed by atoms with Crippen molar-refractivity contribution in [2.45, 2.75) is 38.7 Å². The monoisotopic (exact) mass is 410 g/mol. The molecule has 0 saturated carbocycles. The van der Waals surface area contributed by atoms with Crippen LogP contribution in [-0.4, -0.2) is 25.5 Å². The zero-order chi connectivity index (χ0) is 20.3. The smallest absolute Gasteiger partial charge is 0.387 e. The van der Waals surface area contributed by atoms with Crippen LogP contribution in [0.5, 0.6) is 11.5 Å². The molecule has 150 valence electrons. The molecule has 3 rings (SSSR count). The third kappa shape index (κ3) is 4.24. The summed E-state index contributed by atoms with van der Waals surface area (Å²) >= 11 is 1.36. The molecular weight excluding hydrogens is 390 g/mol. The number of aryl methyl sites for hydroxylation is 1. The second-order valence-electron chi connectivity index (χ2n) is 6.33. The van der Waals surface area contributed by atoms with E-state index in [2.05, 4.69) is 10.1 Å². The summed E-state index contributed by atoms with van der Waals surface area (Å²) in [6, 6.07) is 3.88. The summed E-state index contributed by atoms with van der Waals surface area (Å²) < 4.78 is 34.3. The van der Waals surface area contributed by atoms with Gasteiger partial charge in [-0.15, -0.1) is 11.3 Å². The van der Waals surface area contributed by atoms with Gasteiger partial charge in [-0.05, 0) is 49.4 Å². The van der Waals surface area contributed by atoms with Crippen molar-refractivity contribution in [2.24, 2.45) is 5.73 Å². The fourth-order valence-electron chi connectivity index (χ4n) is 3.27. The summed E-state index contributed by atoms with van der Waals surface area (Å²) in [6.07, 6.45) is 4.70. The number of ether oxygens (including phenoxy) is 2. The van der Waals surface area contributed by atoms with E-state index in [4.69, 9.17) is 10.5 Å². The average Bonchev–Trinajstić information content (AvgIpc) is 2.82. The lowest BCUT2D eigenvalue weighted by Gasteiger charge is -2.11. The van der Waals surface area contributed by atoms with Crippen molar-refractivity contribution in [3.63, 3.8) is 0 Å². The van der Waals surface area contributed by atoms with Crippen LogP contribution >= 0.6 is 11.3 Å². The molecule has 9 heteroatoms. The highest BCUT2D eigenvalue weighted by Crippen LogP contribution is 2.38. The predicted octanol–water partition coefficient (Wildman–Crippen LogP) is 3.98. The van der Waals surface area contributed by atoms with E-state index in [-0.39, 0.29) is 17.1 Å². The molecule has 0 aliphatic heterocycles. The van der Waals surface area contributed by atoms with Crippen LogP contribution in [0.25, 0.3) is 0 Å². The van der Waals surface area contributed by atoms with Crippen molar-refractivity contribution in [2.75, 3.05) is 12.4 Å². The number of rotatable bonds is 6. The van der Waals surface area contributed by atoms with Gasteiger partial charge in [-0.25, -0.2) is 0 Å². The molecule has 0 spiro atoms. The number of hydrogen-bond donors (Lipinski definition) is 2. The van der Waals surface area contributed by atoms with Crippen LogP contribution < -0.4 is 20.5 Å². The molecule has 1 aromatic heterocycles. The van der Waals surface area contributed by atoms with Gasteiger partial charge in [-0.2, -0.15) is 8.78 Å². The Bertz CT molecular complexity index is 898. The first kappa shape index (κ1) is 20.1. The lowest BCUT2D eigenvalue weighted by Crippen LogP contribution is -2.18. The highest BCUT2D eigenvalue weighted by atomic mass is 32.1. The van der Waals surface area contributed by atoms with Gasteiger partial charge in [-0.1, -0.05) is 6.42 Å². The maximum Gasteiger partial charge on any atom is 0.387 e. The molecule has 0 radical (unpaired) electrons. The number of hydrogen-bond acceptors (Lipinski definition) is 5. The Balaban J connectivity index is 1.88. The Morgan fingerprint density at radius 1 is 1.18 bits per heavy atom. The van der Waals surface area contributed by atoms with Gasteiger partial charge < -0.3 is 20.5 Å². The minimum atomic E-state index is -3.01. The Morgan fingerprint density at radius 3 is 2.61 bits per heavy atom. The number of methoxy groups -OCH3 is 1. The van der Waals surface area contributed by atoms with E-state index in [0.717, 1.165) is 42.5 Å². The number of amides is 2. The second-order valence-corrected chi connectivity index (χ2v) is 7.44. The Labute approximate surface area is 164 Å². The first-order valence-electron chi connectivity index (χ1n) is 8.79. The van der Waals surface area contributed by atoms with E-state index < -0.39 is 18.4 Å². The average molecular weight is 410 g/mol. The van der Waals surface area contributed by atoms with E-state index in [1.165, 1.54) is 36.6 Å². The molecule has 28 heavy (non-hydrogen) atoms. The largest absolute Gasteiger partial charge is 0.493 e. The molecule has 2 aromatic rings. The van der Waals surface area contributed by atoms with Gasteiger partial charge in [0.15, 0.2) is 11.5 Å². The van der Waals surface area contributed by atoms with E-state index in [1.807, 2.05) is 0 Å². The van der Waals surface area contributed by atoms with Crippen LogP contribution in [0.1, 0.15) is 50.4 Å². The van der Waals surface area contributed by atoms with Crippen LogP contribution in [0.2, 0.25) is 0 Å². The van der Waals surface area contributed by atoms with Crippen molar-refractivity contribution in [1.29, 1.82) is 0 Å². The number of primary amides is 1. The van der Waals surface area contributed by atoms with Gasteiger partial charge in [0.05, 0.1) is 12.7 Å². The molecule has 0 bridgehead atoms. The maximum atomic E-state index is 12.7. The lowest BCUT2D eigenvalue weighted by molar-refractivity contribution is -0.0512. The topological polar surface area (TPSA) is 90.6 Å². The normalized spacial score (nSPS) is 13.6. The number of benzene rings is 1. The van der Waals surface area contributed by atoms with E-state index in [1.54, 1.807) is 0 Å². The van der Waals surface area contributed by atoms with Gasteiger partial charge in [0, 0.05) is 10.4 Å². The van der Waals surface area contributed by atoms with E-state index in [0.29, 0.717) is 10.6 Å². The summed E-state index contributed by atoms with van der Waals surface area (Å²) in [6.45, 7) is -3.01. The van der Waals surface area contributed by atoms with Crippen molar-refractivity contribution < 1.29 is 27.8 Å². The summed E-state index contributed by atoms with van der Waals surface area (Å²) in [7, 11) is 1.29. The minimum absolute atomic E-state index is 0.00466. The van der Waals surface area contributed by atoms with Gasteiger partial charge >= 0.3 is 6.61 Å². The predicted molar refractivity (Wildman–Crippen MR) is 102 cm³/mol. The Hall–Kier alpha value is -2.68. The first-order chi connectivity index (χ1) is 13.4. The van der Waals surface area contributed by atoms with Gasteiger partial charge in [0.1, 0.15) is 5.00 Å². The SMILES string of the molecule is COc1cc(C(=O)Nc2sc3c(c2C(N)=O)CCCCC3)ccc1OC(F)F. The highest BCUT2D eigenvalue weighted by Gasteiger charge is 2.25. The molecule has 1 heterocycles. The van der Waals surface area contributed by atoms with Gasteiger partial charge in [-0.3, -0.25) is 9.59 Å².